The van der Waals surface area contributed by atoms with Gasteiger partial charge in [-0.25, -0.2) is 0 Å². The van der Waals surface area contributed by atoms with Crippen LogP contribution in [0.15, 0.2) is 52.9 Å². The molecule has 0 spiro atoms. The van der Waals surface area contributed by atoms with Gasteiger partial charge in [-0.2, -0.15) is 4.98 Å². The Morgan fingerprint density at radius 1 is 1.00 bits per heavy atom. The van der Waals surface area contributed by atoms with Crippen molar-refractivity contribution < 1.29 is 4.42 Å². The van der Waals surface area contributed by atoms with Crippen molar-refractivity contribution in [2.24, 2.45) is 0 Å². The second-order valence-corrected chi connectivity index (χ2v) is 4.89. The topological polar surface area (TPSA) is 38.1 Å². The quantitative estimate of drug-likeness (QED) is 0.734. The van der Waals surface area contributed by atoms with E-state index in [1.54, 1.807) is 0 Å². The lowest BCUT2D eigenvalue weighted by molar-refractivity contribution is 0.623. The van der Waals surface area contributed by atoms with Crippen molar-refractivity contribution >= 4 is 22.8 Å². The van der Waals surface area contributed by atoms with E-state index in [-0.39, 0.29) is 0 Å². The van der Waals surface area contributed by atoms with Gasteiger partial charge in [-0.3, -0.25) is 0 Å². The van der Waals surface area contributed by atoms with Gasteiger partial charge in [-0.15, -0.1) is 0 Å². The molecule has 0 radical (unpaired) electrons. The van der Waals surface area contributed by atoms with Gasteiger partial charge in [0, 0.05) is 5.69 Å². The molecule has 0 saturated heterocycles. The third-order valence-electron chi connectivity index (χ3n) is 3.12. The van der Waals surface area contributed by atoms with E-state index in [4.69, 9.17) is 4.42 Å². The third kappa shape index (κ3) is 2.45. The zero-order valence-electron chi connectivity index (χ0n) is 11.1. The Kier molecular flexibility index (Phi) is 2.95. The van der Waals surface area contributed by atoms with Crippen LogP contribution in [0.25, 0.3) is 11.1 Å². The van der Waals surface area contributed by atoms with Crippen LogP contribution in [0.1, 0.15) is 25.3 Å². The summed E-state index contributed by atoms with van der Waals surface area (Å²) < 4.78 is 5.63. The number of hydrogen-bond donors (Lipinski definition) is 1. The fraction of sp³-hybridized carbons (Fsp3) is 0.188. The molecule has 1 aromatic heterocycles. The SMILES string of the molecule is CC(C)c1ccc(Nc2nc3ccccc3o2)cc1. The van der Waals surface area contributed by atoms with Crippen LogP contribution in [0.3, 0.4) is 0 Å². The number of nitrogens with zero attached hydrogens (tertiary/aromatic N) is 1. The van der Waals surface area contributed by atoms with Crippen molar-refractivity contribution in [1.29, 1.82) is 0 Å². The van der Waals surface area contributed by atoms with E-state index in [1.165, 1.54) is 5.56 Å². The number of rotatable bonds is 3. The third-order valence-corrected chi connectivity index (χ3v) is 3.12. The summed E-state index contributed by atoms with van der Waals surface area (Å²) in [6, 6.07) is 16.6. The van der Waals surface area contributed by atoms with E-state index in [1.807, 2.05) is 36.4 Å². The zero-order valence-corrected chi connectivity index (χ0v) is 11.1. The van der Waals surface area contributed by atoms with Gasteiger partial charge in [-0.05, 0) is 35.7 Å². The highest BCUT2D eigenvalue weighted by Crippen LogP contribution is 2.23. The van der Waals surface area contributed by atoms with Gasteiger partial charge in [-0.1, -0.05) is 38.1 Å². The number of aromatic nitrogens is 1. The van der Waals surface area contributed by atoms with Crippen molar-refractivity contribution in [3.63, 3.8) is 0 Å². The van der Waals surface area contributed by atoms with Crippen LogP contribution in [0.4, 0.5) is 11.7 Å². The van der Waals surface area contributed by atoms with Crippen molar-refractivity contribution in [2.45, 2.75) is 19.8 Å². The summed E-state index contributed by atoms with van der Waals surface area (Å²) in [4.78, 5) is 4.39. The number of anilines is 2. The van der Waals surface area contributed by atoms with E-state index in [2.05, 4.69) is 36.3 Å². The zero-order chi connectivity index (χ0) is 13.2. The fourth-order valence-electron chi connectivity index (χ4n) is 2.00. The number of nitrogens with one attached hydrogen (secondary N) is 1. The highest BCUT2D eigenvalue weighted by molar-refractivity contribution is 5.75. The predicted octanol–water partition coefficient (Wildman–Crippen LogP) is 4.69. The first-order valence-corrected chi connectivity index (χ1v) is 6.45. The maximum atomic E-state index is 5.63. The number of benzene rings is 2. The average Bonchev–Trinajstić information content (AvgIpc) is 2.81. The summed E-state index contributed by atoms with van der Waals surface area (Å²) in [6.07, 6.45) is 0. The summed E-state index contributed by atoms with van der Waals surface area (Å²) in [6.45, 7) is 4.37. The molecule has 0 fully saturated rings. The van der Waals surface area contributed by atoms with Gasteiger partial charge in [0.05, 0.1) is 0 Å². The Balaban J connectivity index is 1.84. The Bertz CT molecular complexity index is 650. The standard InChI is InChI=1S/C16H16N2O/c1-11(2)12-7-9-13(10-8-12)17-16-18-14-5-3-4-6-15(14)19-16/h3-11H,1-2H3,(H,17,18). The summed E-state index contributed by atoms with van der Waals surface area (Å²) >= 11 is 0. The fourth-order valence-corrected chi connectivity index (χ4v) is 2.00. The van der Waals surface area contributed by atoms with E-state index in [0.29, 0.717) is 11.9 Å². The highest BCUT2D eigenvalue weighted by atomic mass is 16.4. The molecule has 0 bridgehead atoms. The van der Waals surface area contributed by atoms with Gasteiger partial charge in [0.2, 0.25) is 0 Å². The number of oxazole rings is 1. The lowest BCUT2D eigenvalue weighted by Crippen LogP contribution is -1.91. The van der Waals surface area contributed by atoms with Crippen LogP contribution in [-0.4, -0.2) is 4.98 Å². The van der Waals surface area contributed by atoms with E-state index >= 15 is 0 Å². The van der Waals surface area contributed by atoms with E-state index in [0.717, 1.165) is 16.8 Å². The molecule has 3 nitrogen and oxygen atoms in total. The minimum absolute atomic E-state index is 0.526. The molecular weight excluding hydrogens is 236 g/mol. The second kappa shape index (κ2) is 4.76. The van der Waals surface area contributed by atoms with Crippen LogP contribution in [0, 0.1) is 0 Å². The molecule has 1 N–H and O–H groups in total. The summed E-state index contributed by atoms with van der Waals surface area (Å²) in [5.74, 6) is 0.540. The van der Waals surface area contributed by atoms with Gasteiger partial charge < -0.3 is 9.73 Å². The molecule has 3 aromatic rings. The molecule has 0 aliphatic rings. The molecule has 1 heterocycles. The van der Waals surface area contributed by atoms with Crippen molar-refractivity contribution in [1.82, 2.24) is 4.98 Å². The Labute approximate surface area is 112 Å². The smallest absolute Gasteiger partial charge is 0.300 e. The van der Waals surface area contributed by atoms with Gasteiger partial charge >= 0.3 is 0 Å². The molecule has 0 aliphatic carbocycles. The monoisotopic (exact) mass is 252 g/mol. The molecule has 0 amide bonds. The molecular formula is C16H16N2O. The van der Waals surface area contributed by atoms with Gasteiger partial charge in [0.1, 0.15) is 5.52 Å². The maximum absolute atomic E-state index is 5.63. The predicted molar refractivity (Wildman–Crippen MR) is 77.8 cm³/mol. The van der Waals surface area contributed by atoms with E-state index < -0.39 is 0 Å². The minimum atomic E-state index is 0.526. The minimum Gasteiger partial charge on any atom is -0.423 e. The summed E-state index contributed by atoms with van der Waals surface area (Å²) in [5.41, 5.74) is 3.96. The average molecular weight is 252 g/mol. The first-order valence-electron chi connectivity index (χ1n) is 6.45. The lowest BCUT2D eigenvalue weighted by Gasteiger charge is -2.06. The molecule has 3 rings (SSSR count). The summed E-state index contributed by atoms with van der Waals surface area (Å²) in [5, 5.41) is 3.18. The van der Waals surface area contributed by atoms with Crippen molar-refractivity contribution in [3.8, 4) is 0 Å². The molecule has 2 aromatic carbocycles. The molecule has 3 heteroatoms. The second-order valence-electron chi connectivity index (χ2n) is 4.89. The first kappa shape index (κ1) is 11.8. The molecule has 0 unspecified atom stereocenters. The normalized spacial score (nSPS) is 11.1. The van der Waals surface area contributed by atoms with Gasteiger partial charge in [0.25, 0.3) is 6.01 Å². The van der Waals surface area contributed by atoms with Crippen LogP contribution in [-0.2, 0) is 0 Å². The summed E-state index contributed by atoms with van der Waals surface area (Å²) in [7, 11) is 0. The van der Waals surface area contributed by atoms with E-state index in [9.17, 15) is 0 Å². The van der Waals surface area contributed by atoms with Crippen LogP contribution in [0.2, 0.25) is 0 Å². The Hall–Kier alpha value is -2.29. The van der Waals surface area contributed by atoms with Crippen molar-refractivity contribution in [3.05, 3.63) is 54.1 Å². The number of hydrogen-bond acceptors (Lipinski definition) is 3. The molecule has 0 aliphatic heterocycles. The highest BCUT2D eigenvalue weighted by Gasteiger charge is 2.05. The van der Waals surface area contributed by atoms with Crippen LogP contribution >= 0.6 is 0 Å². The van der Waals surface area contributed by atoms with Crippen LogP contribution in [0.5, 0.6) is 0 Å². The molecule has 0 atom stereocenters. The molecule has 0 saturated carbocycles. The first-order chi connectivity index (χ1) is 9.22. The largest absolute Gasteiger partial charge is 0.423 e. The Morgan fingerprint density at radius 3 is 2.42 bits per heavy atom. The number of fused-ring (bicyclic) bond motifs is 1. The van der Waals surface area contributed by atoms with Gasteiger partial charge in [0.15, 0.2) is 5.58 Å². The Morgan fingerprint density at radius 2 is 1.74 bits per heavy atom. The maximum Gasteiger partial charge on any atom is 0.300 e. The van der Waals surface area contributed by atoms with Crippen molar-refractivity contribution in [2.75, 3.05) is 5.32 Å². The molecule has 19 heavy (non-hydrogen) atoms. The lowest BCUT2D eigenvalue weighted by atomic mass is 10.0. The van der Waals surface area contributed by atoms with Crippen LogP contribution < -0.4 is 5.32 Å². The number of para-hydroxylation sites is 2. The molecule has 96 valence electrons.